The van der Waals surface area contributed by atoms with Crippen molar-refractivity contribution in [3.05, 3.63) is 34.9 Å². The molecule has 48 heavy (non-hydrogen) atoms. The topological polar surface area (TPSA) is 134 Å². The summed E-state index contributed by atoms with van der Waals surface area (Å²) in [6.45, 7) is 21.5. The highest BCUT2D eigenvalue weighted by Crippen LogP contribution is 2.76. The van der Waals surface area contributed by atoms with Crippen LogP contribution in [0.4, 0.5) is 0 Å². The summed E-state index contributed by atoms with van der Waals surface area (Å²) in [6.07, 6.45) is 4.53. The highest BCUT2D eigenvalue weighted by Gasteiger charge is 2.76. The molecular formula is C40H62O8. The van der Waals surface area contributed by atoms with Crippen LogP contribution in [0.15, 0.2) is 34.9 Å². The Morgan fingerprint density at radius 1 is 0.896 bits per heavy atom. The van der Waals surface area contributed by atoms with Gasteiger partial charge in [0.15, 0.2) is 6.10 Å². The number of ether oxygens (including phenoxy) is 2. The Hall–Kier alpha value is -2.00. The Balaban J connectivity index is 1.68. The fraction of sp³-hybridized carbons (Fsp3) is 0.800. The van der Waals surface area contributed by atoms with Gasteiger partial charge in [-0.05, 0) is 100 Å². The molecule has 12 atom stereocenters. The van der Waals surface area contributed by atoms with Gasteiger partial charge in [-0.15, -0.1) is 0 Å². The number of rotatable bonds is 5. The number of hydrogen-bond donors (Lipinski definition) is 4. The zero-order valence-electron chi connectivity index (χ0n) is 31.2. The predicted octanol–water partition coefficient (Wildman–Crippen LogP) is 6.06. The fourth-order valence-electron chi connectivity index (χ4n) is 12.0. The first kappa shape index (κ1) is 37.3. The number of aliphatic hydroxyl groups is 4. The van der Waals surface area contributed by atoms with Gasteiger partial charge >= 0.3 is 11.9 Å². The van der Waals surface area contributed by atoms with Gasteiger partial charge in [0.2, 0.25) is 0 Å². The number of esters is 2. The summed E-state index contributed by atoms with van der Waals surface area (Å²) in [7, 11) is 0. The van der Waals surface area contributed by atoms with Gasteiger partial charge in [0, 0.05) is 22.5 Å². The van der Waals surface area contributed by atoms with Crippen molar-refractivity contribution in [2.24, 2.45) is 50.2 Å². The smallest absolute Gasteiger partial charge is 0.333 e. The molecule has 0 unspecified atom stereocenters. The van der Waals surface area contributed by atoms with Crippen LogP contribution >= 0.6 is 0 Å². The van der Waals surface area contributed by atoms with Gasteiger partial charge in [-0.25, -0.2) is 9.59 Å². The minimum absolute atomic E-state index is 0.0742. The number of fused-ring (bicyclic) bond motifs is 7. The van der Waals surface area contributed by atoms with Gasteiger partial charge in [-0.2, -0.15) is 0 Å². The minimum atomic E-state index is -1.53. The van der Waals surface area contributed by atoms with E-state index in [4.69, 9.17) is 9.47 Å². The molecule has 270 valence electrons. The lowest BCUT2D eigenvalue weighted by molar-refractivity contribution is -0.292. The monoisotopic (exact) mass is 670 g/mol. The van der Waals surface area contributed by atoms with Crippen LogP contribution in [0.2, 0.25) is 0 Å². The molecule has 5 aliphatic carbocycles. The standard InChI is InChI=1S/C40H62O8/c1-12-23(4)34(46)48-32-33(47-29(43)19-22(2)3)40(21-41)25(20-35(32,5)6)24-13-14-27-37(9)17-16-28(42)36(7,8)26(37)15-18-38(27,10)39(24,11)30(44)31(40)45/h12-13,19,25-28,30-33,41-42,44-45H,14-18,20-21H2,1-11H3/b23-12-/t25-,26-,27+,28-,30-,31+,32-,33-,37-,38+,39-,40-/m0/s1. The summed E-state index contributed by atoms with van der Waals surface area (Å²) in [6, 6.07) is 0. The molecular weight excluding hydrogens is 608 g/mol. The molecule has 4 saturated carbocycles. The Morgan fingerprint density at radius 3 is 2.12 bits per heavy atom. The molecule has 0 spiro atoms. The third-order valence-corrected chi connectivity index (χ3v) is 15.1. The molecule has 0 heterocycles. The first-order chi connectivity index (χ1) is 22.1. The highest BCUT2D eigenvalue weighted by atomic mass is 16.6. The molecule has 0 radical (unpaired) electrons. The Kier molecular flexibility index (Phi) is 9.36. The predicted molar refractivity (Wildman–Crippen MR) is 184 cm³/mol. The van der Waals surface area contributed by atoms with Gasteiger partial charge in [0.05, 0.1) is 30.3 Å². The molecule has 8 heteroatoms. The van der Waals surface area contributed by atoms with Gasteiger partial charge in [-0.1, -0.05) is 71.8 Å². The summed E-state index contributed by atoms with van der Waals surface area (Å²) >= 11 is 0. The maximum atomic E-state index is 13.4. The van der Waals surface area contributed by atoms with Crippen molar-refractivity contribution in [1.29, 1.82) is 0 Å². The van der Waals surface area contributed by atoms with Crippen LogP contribution in [0.5, 0.6) is 0 Å². The largest absolute Gasteiger partial charge is 0.454 e. The molecule has 0 saturated heterocycles. The molecule has 0 aromatic carbocycles. The van der Waals surface area contributed by atoms with Crippen LogP contribution in [0.25, 0.3) is 0 Å². The molecule has 4 N–H and O–H groups in total. The van der Waals surface area contributed by atoms with Crippen molar-refractivity contribution in [2.45, 2.75) is 145 Å². The molecule has 0 bridgehead atoms. The van der Waals surface area contributed by atoms with E-state index < -0.39 is 70.5 Å². The van der Waals surface area contributed by atoms with Crippen LogP contribution in [0, 0.1) is 50.2 Å². The molecule has 5 rings (SSSR count). The number of aliphatic hydroxyl groups excluding tert-OH is 4. The van der Waals surface area contributed by atoms with Crippen molar-refractivity contribution in [1.82, 2.24) is 0 Å². The van der Waals surface area contributed by atoms with Gasteiger partial charge in [-0.3, -0.25) is 0 Å². The average molecular weight is 671 g/mol. The van der Waals surface area contributed by atoms with E-state index in [1.54, 1.807) is 33.8 Å². The van der Waals surface area contributed by atoms with E-state index in [-0.39, 0.29) is 22.9 Å². The van der Waals surface area contributed by atoms with Crippen LogP contribution in [0.1, 0.15) is 115 Å². The summed E-state index contributed by atoms with van der Waals surface area (Å²) < 4.78 is 12.4. The normalized spacial score (nSPS) is 46.1. The average Bonchev–Trinajstić information content (AvgIpc) is 2.99. The maximum Gasteiger partial charge on any atom is 0.333 e. The number of allylic oxidation sites excluding steroid dienone is 3. The first-order valence-corrected chi connectivity index (χ1v) is 18.2. The fourth-order valence-corrected chi connectivity index (χ4v) is 12.0. The van der Waals surface area contributed by atoms with Crippen molar-refractivity contribution < 1.29 is 39.5 Å². The molecule has 5 aliphatic rings. The minimum Gasteiger partial charge on any atom is -0.454 e. The lowest BCUT2D eigenvalue weighted by Gasteiger charge is -2.73. The SMILES string of the molecule is C/C=C(/C)C(=O)O[C@H]1[C@H](OC(=O)C=C(C)C)[C@]2(CO)[C@H](O)[C@H](O)[C@]3(C)C(=CC[C@@H]4[C@@]5(C)CC[C@H](O)C(C)(C)[C@@H]5CC[C@]43C)[C@@H]2CC1(C)C. The van der Waals surface area contributed by atoms with E-state index in [0.29, 0.717) is 17.9 Å². The molecule has 0 aliphatic heterocycles. The van der Waals surface area contributed by atoms with Crippen molar-refractivity contribution in [3.63, 3.8) is 0 Å². The Labute approximate surface area is 288 Å². The van der Waals surface area contributed by atoms with Gasteiger partial charge in [0.25, 0.3) is 0 Å². The first-order valence-electron chi connectivity index (χ1n) is 18.2. The number of hydrogen-bond acceptors (Lipinski definition) is 8. The number of carbonyl (C=O) groups is 2. The summed E-state index contributed by atoms with van der Waals surface area (Å²) in [5, 5.41) is 47.7. The maximum absolute atomic E-state index is 13.4. The van der Waals surface area contributed by atoms with Crippen molar-refractivity contribution in [2.75, 3.05) is 6.61 Å². The van der Waals surface area contributed by atoms with Crippen LogP contribution in [-0.2, 0) is 19.1 Å². The second kappa shape index (κ2) is 12.1. The van der Waals surface area contributed by atoms with E-state index in [9.17, 15) is 30.0 Å². The van der Waals surface area contributed by atoms with E-state index in [1.807, 2.05) is 13.8 Å². The van der Waals surface area contributed by atoms with Crippen molar-refractivity contribution >= 4 is 11.9 Å². The third kappa shape index (κ3) is 4.97. The van der Waals surface area contributed by atoms with Crippen LogP contribution < -0.4 is 0 Å². The number of carbonyl (C=O) groups excluding carboxylic acids is 2. The van der Waals surface area contributed by atoms with Crippen LogP contribution in [0.3, 0.4) is 0 Å². The molecule has 4 fully saturated rings. The lowest BCUT2D eigenvalue weighted by Crippen LogP contribution is -2.76. The van der Waals surface area contributed by atoms with Gasteiger partial charge in [0.1, 0.15) is 6.10 Å². The quantitative estimate of drug-likeness (QED) is 0.158. The summed E-state index contributed by atoms with van der Waals surface area (Å²) in [5.41, 5.74) is -1.69. The molecule has 0 aromatic rings. The van der Waals surface area contributed by atoms with E-state index in [1.165, 1.54) is 6.08 Å². The van der Waals surface area contributed by atoms with E-state index in [0.717, 1.165) is 43.3 Å². The zero-order chi connectivity index (χ0) is 36.0. The van der Waals surface area contributed by atoms with Gasteiger partial charge < -0.3 is 29.9 Å². The summed E-state index contributed by atoms with van der Waals surface area (Å²) in [5.74, 6) is -1.15. The van der Waals surface area contributed by atoms with Crippen molar-refractivity contribution in [3.8, 4) is 0 Å². The molecule has 8 nitrogen and oxygen atoms in total. The lowest BCUT2D eigenvalue weighted by atomic mass is 9.32. The second-order valence-corrected chi connectivity index (χ2v) is 18.3. The molecule has 0 aromatic heterocycles. The highest BCUT2D eigenvalue weighted by molar-refractivity contribution is 5.88. The zero-order valence-corrected chi connectivity index (χ0v) is 31.2. The Bertz CT molecular complexity index is 1400. The molecule has 0 amide bonds. The Morgan fingerprint density at radius 2 is 1.54 bits per heavy atom. The van der Waals surface area contributed by atoms with Crippen LogP contribution in [-0.4, -0.2) is 69.5 Å². The third-order valence-electron chi connectivity index (χ3n) is 15.1. The summed E-state index contributed by atoms with van der Waals surface area (Å²) in [4.78, 5) is 26.7. The second-order valence-electron chi connectivity index (χ2n) is 18.3. The van der Waals surface area contributed by atoms with E-state index >= 15 is 0 Å². The van der Waals surface area contributed by atoms with E-state index in [2.05, 4.69) is 40.7 Å².